The Labute approximate surface area is 208 Å². The molecule has 0 aliphatic heterocycles. The van der Waals surface area contributed by atoms with Crippen LogP contribution in [0.1, 0.15) is 21.6 Å². The van der Waals surface area contributed by atoms with Crippen molar-refractivity contribution in [3.8, 4) is 11.6 Å². The molecule has 0 aliphatic carbocycles. The fourth-order valence-electron chi connectivity index (χ4n) is 4.29. The molecule has 37 heavy (non-hydrogen) atoms. The summed E-state index contributed by atoms with van der Waals surface area (Å²) in [7, 11) is 0. The highest BCUT2D eigenvalue weighted by Crippen LogP contribution is 2.21. The first-order valence-corrected chi connectivity index (χ1v) is 11.4. The van der Waals surface area contributed by atoms with Gasteiger partial charge in [0, 0.05) is 23.2 Å². The summed E-state index contributed by atoms with van der Waals surface area (Å²) in [6.07, 6.45) is 2.96. The quantitative estimate of drug-likeness (QED) is 0.249. The monoisotopic (exact) mass is 492 g/mol. The van der Waals surface area contributed by atoms with Gasteiger partial charge in [0.25, 0.3) is 17.2 Å². The van der Waals surface area contributed by atoms with Crippen LogP contribution in [0.5, 0.6) is 0 Å². The number of carbonyl (C=O) groups is 2. The molecule has 11 heteroatoms. The average Bonchev–Trinajstić information content (AvgIpc) is 3.60. The molecule has 6 rings (SSSR count). The minimum atomic E-state index is -0.848. The number of Topliss-reactive ketones (excluding diaryl/α,β-unsaturated/α-hetero) is 1. The first-order chi connectivity index (χ1) is 17.9. The van der Waals surface area contributed by atoms with Crippen LogP contribution in [-0.2, 0) is 4.79 Å². The molecule has 3 N–H and O–H groups in total. The molecule has 0 unspecified atom stereocenters. The molecule has 4 heterocycles. The lowest BCUT2D eigenvalue weighted by Gasteiger charge is -2.09. The van der Waals surface area contributed by atoms with E-state index in [1.807, 2.05) is 43.3 Å². The van der Waals surface area contributed by atoms with Crippen LogP contribution in [0.2, 0.25) is 0 Å². The van der Waals surface area contributed by atoms with Gasteiger partial charge in [-0.15, -0.1) is 0 Å². The number of aryl methyl sites for hydroxylation is 2. The van der Waals surface area contributed by atoms with Gasteiger partial charge in [-0.1, -0.05) is 36.4 Å². The topological polar surface area (TPSA) is 143 Å². The van der Waals surface area contributed by atoms with Crippen LogP contribution in [0.15, 0.2) is 71.8 Å². The van der Waals surface area contributed by atoms with Crippen LogP contribution >= 0.6 is 0 Å². The number of hydrogen-bond acceptors (Lipinski definition) is 6. The highest BCUT2D eigenvalue weighted by molar-refractivity contribution is 6.48. The summed E-state index contributed by atoms with van der Waals surface area (Å²) in [6, 6.07) is 16.4. The van der Waals surface area contributed by atoms with Gasteiger partial charge in [-0.2, -0.15) is 19.9 Å². The first kappa shape index (κ1) is 22.2. The van der Waals surface area contributed by atoms with E-state index < -0.39 is 17.2 Å². The molecule has 0 saturated carbocycles. The molecule has 0 aliphatic rings. The Kier molecular flexibility index (Phi) is 5.04. The maximum Gasteiger partial charge on any atom is 0.298 e. The molecule has 0 fully saturated rings. The standard InChI is InChI=1S/C26H20N8O3/c1-14-7-3-6-10-20(14)33-23-18(13-28-33)24(36)31-26(30-23)34-21(11-15(2)32-34)29-25(37)22(35)17-12-27-19-9-5-4-8-16(17)19/h3-13,27H,1-2H3,(H,29,37)(H,30,31,36). The van der Waals surface area contributed by atoms with E-state index in [1.165, 1.54) is 17.1 Å². The summed E-state index contributed by atoms with van der Waals surface area (Å²) in [5.74, 6) is -1.31. The summed E-state index contributed by atoms with van der Waals surface area (Å²) < 4.78 is 2.87. The van der Waals surface area contributed by atoms with E-state index in [2.05, 4.69) is 30.5 Å². The van der Waals surface area contributed by atoms with Gasteiger partial charge in [0.05, 0.1) is 23.1 Å². The minimum Gasteiger partial charge on any atom is -0.360 e. The van der Waals surface area contributed by atoms with Crippen molar-refractivity contribution in [3.63, 3.8) is 0 Å². The highest BCUT2D eigenvalue weighted by atomic mass is 16.2. The number of nitrogens with one attached hydrogen (secondary N) is 3. The van der Waals surface area contributed by atoms with Gasteiger partial charge in [-0.25, -0.2) is 4.68 Å². The van der Waals surface area contributed by atoms with Crippen molar-refractivity contribution < 1.29 is 9.59 Å². The summed E-state index contributed by atoms with van der Waals surface area (Å²) >= 11 is 0. The number of benzene rings is 2. The molecule has 0 radical (unpaired) electrons. The Hall–Kier alpha value is -5.32. The Morgan fingerprint density at radius 3 is 2.59 bits per heavy atom. The molecule has 0 bridgehead atoms. The van der Waals surface area contributed by atoms with Crippen LogP contribution < -0.4 is 10.9 Å². The van der Waals surface area contributed by atoms with E-state index in [4.69, 9.17) is 0 Å². The molecule has 182 valence electrons. The van der Waals surface area contributed by atoms with Gasteiger partial charge < -0.3 is 10.3 Å². The molecule has 2 aromatic carbocycles. The van der Waals surface area contributed by atoms with Gasteiger partial charge in [0.2, 0.25) is 5.95 Å². The van der Waals surface area contributed by atoms with E-state index in [9.17, 15) is 14.4 Å². The second kappa shape index (κ2) is 8.41. The van der Waals surface area contributed by atoms with E-state index in [-0.39, 0.29) is 17.3 Å². The maximum absolute atomic E-state index is 13.0. The van der Waals surface area contributed by atoms with Crippen molar-refractivity contribution in [3.05, 3.63) is 94.2 Å². The number of aromatic nitrogens is 7. The van der Waals surface area contributed by atoms with Crippen molar-refractivity contribution in [2.75, 3.05) is 5.32 Å². The van der Waals surface area contributed by atoms with E-state index in [0.717, 1.165) is 16.8 Å². The van der Waals surface area contributed by atoms with Gasteiger partial charge in [0.1, 0.15) is 11.2 Å². The van der Waals surface area contributed by atoms with E-state index in [1.54, 1.807) is 29.8 Å². The zero-order chi connectivity index (χ0) is 25.7. The first-order valence-electron chi connectivity index (χ1n) is 11.4. The van der Waals surface area contributed by atoms with Gasteiger partial charge in [-0.3, -0.25) is 19.4 Å². The van der Waals surface area contributed by atoms with Crippen LogP contribution in [0.25, 0.3) is 33.6 Å². The Morgan fingerprint density at radius 2 is 1.76 bits per heavy atom. The molecule has 6 aromatic rings. The lowest BCUT2D eigenvalue weighted by Crippen LogP contribution is -2.25. The number of rotatable bonds is 5. The summed E-state index contributed by atoms with van der Waals surface area (Å²) in [4.78, 5) is 49.1. The second-order valence-electron chi connectivity index (χ2n) is 8.58. The fraction of sp³-hybridized carbons (Fsp3) is 0.0769. The van der Waals surface area contributed by atoms with Crippen molar-refractivity contribution in [1.29, 1.82) is 0 Å². The van der Waals surface area contributed by atoms with Crippen LogP contribution in [-0.4, -0.2) is 46.2 Å². The third-order valence-electron chi connectivity index (χ3n) is 6.08. The van der Waals surface area contributed by atoms with Crippen LogP contribution in [0.3, 0.4) is 0 Å². The number of nitrogens with zero attached hydrogens (tertiary/aromatic N) is 5. The Balaban J connectivity index is 1.39. The molecule has 4 aromatic heterocycles. The summed E-state index contributed by atoms with van der Waals surface area (Å²) in [5, 5.41) is 12.3. The maximum atomic E-state index is 13.0. The Bertz CT molecular complexity index is 1910. The van der Waals surface area contributed by atoms with Gasteiger partial charge in [0.15, 0.2) is 5.65 Å². The number of ketones is 1. The van der Waals surface area contributed by atoms with Crippen molar-refractivity contribution in [2.45, 2.75) is 13.8 Å². The summed E-state index contributed by atoms with van der Waals surface area (Å²) in [6.45, 7) is 3.66. The zero-order valence-corrected chi connectivity index (χ0v) is 19.8. The predicted octanol–water partition coefficient (Wildman–Crippen LogP) is 3.21. The number of fused-ring (bicyclic) bond motifs is 2. The number of para-hydroxylation sites is 2. The largest absolute Gasteiger partial charge is 0.360 e. The molecule has 11 nitrogen and oxygen atoms in total. The third kappa shape index (κ3) is 3.69. The molecule has 1 amide bonds. The minimum absolute atomic E-state index is 0.0655. The zero-order valence-electron chi connectivity index (χ0n) is 19.8. The van der Waals surface area contributed by atoms with Crippen molar-refractivity contribution in [1.82, 2.24) is 34.5 Å². The smallest absolute Gasteiger partial charge is 0.298 e. The second-order valence-corrected chi connectivity index (χ2v) is 8.58. The van der Waals surface area contributed by atoms with Crippen LogP contribution in [0, 0.1) is 13.8 Å². The number of amides is 1. The lowest BCUT2D eigenvalue weighted by atomic mass is 10.1. The lowest BCUT2D eigenvalue weighted by molar-refractivity contribution is -0.112. The third-order valence-corrected chi connectivity index (χ3v) is 6.08. The average molecular weight is 492 g/mol. The number of hydrogen-bond donors (Lipinski definition) is 3. The van der Waals surface area contributed by atoms with Crippen molar-refractivity contribution in [2.24, 2.45) is 0 Å². The SMILES string of the molecule is Cc1cc(NC(=O)C(=O)c2c[nH]c3ccccc23)n(-c2nc3c(cnn3-c3ccccc3C)c(=O)[nH]2)n1. The van der Waals surface area contributed by atoms with Gasteiger partial charge in [-0.05, 0) is 31.5 Å². The molecular formula is C26H20N8O3. The number of carbonyl (C=O) groups excluding carboxylic acids is 2. The number of H-pyrrole nitrogens is 2. The molecule has 0 spiro atoms. The number of anilines is 1. The molecule has 0 atom stereocenters. The molecule has 0 saturated heterocycles. The normalized spacial score (nSPS) is 11.3. The molecular weight excluding hydrogens is 472 g/mol. The van der Waals surface area contributed by atoms with Crippen molar-refractivity contribution >= 4 is 39.4 Å². The van der Waals surface area contributed by atoms with E-state index >= 15 is 0 Å². The van der Waals surface area contributed by atoms with Gasteiger partial charge >= 0.3 is 0 Å². The Morgan fingerprint density at radius 1 is 0.973 bits per heavy atom. The predicted molar refractivity (Wildman–Crippen MR) is 137 cm³/mol. The number of aromatic amines is 2. The van der Waals surface area contributed by atoms with E-state index in [0.29, 0.717) is 22.1 Å². The van der Waals surface area contributed by atoms with Crippen LogP contribution in [0.4, 0.5) is 5.82 Å². The fourth-order valence-corrected chi connectivity index (χ4v) is 4.29. The highest BCUT2D eigenvalue weighted by Gasteiger charge is 2.23. The summed E-state index contributed by atoms with van der Waals surface area (Å²) in [5.41, 5.74) is 3.19.